The molecule has 1 aliphatic carbocycles. The van der Waals surface area contributed by atoms with Crippen molar-refractivity contribution in [2.24, 2.45) is 12.8 Å². The molecule has 1 aliphatic rings. The lowest BCUT2D eigenvalue weighted by Gasteiger charge is -1.94. The van der Waals surface area contributed by atoms with Crippen molar-refractivity contribution in [3.05, 3.63) is 17.0 Å². The van der Waals surface area contributed by atoms with Gasteiger partial charge in [0.25, 0.3) is 0 Å². The molecule has 0 radical (unpaired) electrons. The zero-order valence-corrected chi connectivity index (χ0v) is 7.51. The second-order valence-corrected chi connectivity index (χ2v) is 3.39. The Morgan fingerprint density at radius 2 is 2.33 bits per heavy atom. The van der Waals surface area contributed by atoms with Gasteiger partial charge in [0.2, 0.25) is 0 Å². The zero-order valence-electron chi connectivity index (χ0n) is 7.51. The fourth-order valence-corrected chi connectivity index (χ4v) is 2.04. The third kappa shape index (κ3) is 1.05. The van der Waals surface area contributed by atoms with Crippen LogP contribution in [0.15, 0.2) is 0 Å². The molecule has 1 aromatic heterocycles. The minimum atomic E-state index is 0.712. The number of aromatic nitrogens is 2. The van der Waals surface area contributed by atoms with E-state index in [0.29, 0.717) is 6.54 Å². The van der Waals surface area contributed by atoms with Crippen molar-refractivity contribution in [3.63, 3.8) is 0 Å². The fourth-order valence-electron chi connectivity index (χ4n) is 2.04. The van der Waals surface area contributed by atoms with Crippen LogP contribution in [0.5, 0.6) is 0 Å². The Kier molecular flexibility index (Phi) is 1.89. The molecule has 1 aromatic rings. The summed E-state index contributed by atoms with van der Waals surface area (Å²) in [5.41, 5.74) is 9.65. The first-order valence-electron chi connectivity index (χ1n) is 4.56. The molecule has 2 rings (SSSR count). The van der Waals surface area contributed by atoms with Crippen LogP contribution in [0.3, 0.4) is 0 Å². The van der Waals surface area contributed by atoms with Crippen LogP contribution in [0.2, 0.25) is 0 Å². The van der Waals surface area contributed by atoms with Crippen LogP contribution in [-0.2, 0) is 26.3 Å². The van der Waals surface area contributed by atoms with Gasteiger partial charge in [0.15, 0.2) is 0 Å². The van der Waals surface area contributed by atoms with Crippen LogP contribution in [0.25, 0.3) is 0 Å². The van der Waals surface area contributed by atoms with Gasteiger partial charge in [-0.25, -0.2) is 0 Å². The number of aryl methyl sites for hydroxylation is 1. The standard InChI is InChI=1S/C9H15N3/c1-12-9-4-2-3-7(9)8(11-12)5-6-10/h2-6,10H2,1H3. The number of rotatable bonds is 2. The van der Waals surface area contributed by atoms with Gasteiger partial charge in [-0.05, 0) is 31.4 Å². The zero-order chi connectivity index (χ0) is 8.55. The van der Waals surface area contributed by atoms with Crippen molar-refractivity contribution in [3.8, 4) is 0 Å². The summed E-state index contributed by atoms with van der Waals surface area (Å²) in [5.74, 6) is 0. The maximum Gasteiger partial charge on any atom is 0.0671 e. The van der Waals surface area contributed by atoms with Crippen LogP contribution in [0, 0.1) is 0 Å². The molecule has 0 bridgehead atoms. The summed E-state index contributed by atoms with van der Waals surface area (Å²) in [6, 6.07) is 0. The quantitative estimate of drug-likeness (QED) is 0.689. The molecule has 0 amide bonds. The molecule has 0 spiro atoms. The van der Waals surface area contributed by atoms with Gasteiger partial charge in [0.05, 0.1) is 5.69 Å². The second-order valence-electron chi connectivity index (χ2n) is 3.39. The molecule has 0 unspecified atom stereocenters. The van der Waals surface area contributed by atoms with E-state index in [9.17, 15) is 0 Å². The second kappa shape index (κ2) is 2.90. The molecule has 0 atom stereocenters. The average Bonchev–Trinajstić information content (AvgIpc) is 2.58. The van der Waals surface area contributed by atoms with Gasteiger partial charge in [-0.15, -0.1) is 0 Å². The molecule has 12 heavy (non-hydrogen) atoms. The van der Waals surface area contributed by atoms with Gasteiger partial charge in [-0.3, -0.25) is 4.68 Å². The monoisotopic (exact) mass is 165 g/mol. The van der Waals surface area contributed by atoms with Gasteiger partial charge in [-0.2, -0.15) is 5.10 Å². The van der Waals surface area contributed by atoms with Crippen molar-refractivity contribution in [1.82, 2.24) is 9.78 Å². The molecule has 0 aromatic carbocycles. The number of hydrogen-bond donors (Lipinski definition) is 1. The van der Waals surface area contributed by atoms with Crippen molar-refractivity contribution in [2.45, 2.75) is 25.7 Å². The topological polar surface area (TPSA) is 43.8 Å². The highest BCUT2D eigenvalue weighted by Gasteiger charge is 2.19. The Hall–Kier alpha value is -0.830. The van der Waals surface area contributed by atoms with Gasteiger partial charge < -0.3 is 5.73 Å². The van der Waals surface area contributed by atoms with Crippen molar-refractivity contribution >= 4 is 0 Å². The minimum Gasteiger partial charge on any atom is -0.330 e. The van der Waals surface area contributed by atoms with E-state index in [1.807, 2.05) is 11.7 Å². The van der Waals surface area contributed by atoms with Crippen LogP contribution in [-0.4, -0.2) is 16.3 Å². The number of nitrogens with two attached hydrogens (primary N) is 1. The largest absolute Gasteiger partial charge is 0.330 e. The first-order chi connectivity index (χ1) is 5.83. The fraction of sp³-hybridized carbons (Fsp3) is 0.667. The molecular weight excluding hydrogens is 150 g/mol. The van der Waals surface area contributed by atoms with Crippen LogP contribution < -0.4 is 5.73 Å². The van der Waals surface area contributed by atoms with E-state index in [1.54, 1.807) is 0 Å². The summed E-state index contributed by atoms with van der Waals surface area (Å²) in [5, 5.41) is 4.46. The van der Waals surface area contributed by atoms with Crippen LogP contribution in [0.1, 0.15) is 23.4 Å². The molecule has 1 heterocycles. The van der Waals surface area contributed by atoms with E-state index in [0.717, 1.165) is 6.42 Å². The predicted octanol–water partition coefficient (Wildman–Crippen LogP) is 0.410. The van der Waals surface area contributed by atoms with Crippen molar-refractivity contribution in [2.75, 3.05) is 6.54 Å². The van der Waals surface area contributed by atoms with E-state index in [2.05, 4.69) is 5.10 Å². The maximum atomic E-state index is 5.51. The molecule has 0 fully saturated rings. The van der Waals surface area contributed by atoms with Crippen molar-refractivity contribution < 1.29 is 0 Å². The van der Waals surface area contributed by atoms with E-state index in [-0.39, 0.29) is 0 Å². The lowest BCUT2D eigenvalue weighted by molar-refractivity contribution is 0.686. The summed E-state index contributed by atoms with van der Waals surface area (Å²) in [6.07, 6.45) is 4.63. The molecule has 3 nitrogen and oxygen atoms in total. The van der Waals surface area contributed by atoms with E-state index in [4.69, 9.17) is 5.73 Å². The Labute approximate surface area is 72.6 Å². The number of fused-ring (bicyclic) bond motifs is 1. The summed E-state index contributed by atoms with van der Waals surface area (Å²) >= 11 is 0. The maximum absolute atomic E-state index is 5.51. The Morgan fingerprint density at radius 1 is 1.50 bits per heavy atom. The molecule has 66 valence electrons. The van der Waals surface area contributed by atoms with Gasteiger partial charge in [0, 0.05) is 19.2 Å². The van der Waals surface area contributed by atoms with Crippen molar-refractivity contribution in [1.29, 1.82) is 0 Å². The first-order valence-corrected chi connectivity index (χ1v) is 4.56. The third-order valence-electron chi connectivity index (χ3n) is 2.58. The highest BCUT2D eigenvalue weighted by atomic mass is 15.3. The van der Waals surface area contributed by atoms with E-state index >= 15 is 0 Å². The highest BCUT2D eigenvalue weighted by molar-refractivity contribution is 5.30. The molecule has 2 N–H and O–H groups in total. The SMILES string of the molecule is Cn1nc(CCN)c2c1CCC2. The molecular formula is C9H15N3. The lowest BCUT2D eigenvalue weighted by atomic mass is 10.1. The predicted molar refractivity (Wildman–Crippen MR) is 48.0 cm³/mol. The molecule has 0 aliphatic heterocycles. The number of nitrogens with zero attached hydrogens (tertiary/aromatic N) is 2. The normalized spacial score (nSPS) is 15.2. The average molecular weight is 165 g/mol. The summed E-state index contributed by atoms with van der Waals surface area (Å²) < 4.78 is 2.02. The van der Waals surface area contributed by atoms with Gasteiger partial charge >= 0.3 is 0 Å². The smallest absolute Gasteiger partial charge is 0.0671 e. The third-order valence-corrected chi connectivity index (χ3v) is 2.58. The molecule has 0 saturated carbocycles. The summed E-state index contributed by atoms with van der Waals surface area (Å²) in [7, 11) is 2.03. The highest BCUT2D eigenvalue weighted by Crippen LogP contribution is 2.24. The van der Waals surface area contributed by atoms with Gasteiger partial charge in [0.1, 0.15) is 0 Å². The minimum absolute atomic E-state index is 0.712. The number of hydrogen-bond acceptors (Lipinski definition) is 2. The van der Waals surface area contributed by atoms with Crippen LogP contribution >= 0.6 is 0 Å². The lowest BCUT2D eigenvalue weighted by Crippen LogP contribution is -2.05. The van der Waals surface area contributed by atoms with E-state index in [1.165, 1.54) is 36.2 Å². The van der Waals surface area contributed by atoms with Gasteiger partial charge in [-0.1, -0.05) is 0 Å². The summed E-state index contributed by atoms with van der Waals surface area (Å²) in [6.45, 7) is 0.712. The van der Waals surface area contributed by atoms with Crippen LogP contribution in [0.4, 0.5) is 0 Å². The van der Waals surface area contributed by atoms with E-state index < -0.39 is 0 Å². The Bertz CT molecular complexity index is 288. The molecule has 0 saturated heterocycles. The summed E-state index contributed by atoms with van der Waals surface area (Å²) in [4.78, 5) is 0. The molecule has 3 heteroatoms. The first kappa shape index (κ1) is 7.80. The Morgan fingerprint density at radius 3 is 3.08 bits per heavy atom. The Balaban J connectivity index is 2.37.